The molecule has 4 nitrogen and oxygen atoms in total. The van der Waals surface area contributed by atoms with Gasteiger partial charge in [0.15, 0.2) is 0 Å². The van der Waals surface area contributed by atoms with Gasteiger partial charge in [-0.2, -0.15) is 0 Å². The number of carbonyl (C=O) groups excluding carboxylic acids is 1. The SMILES string of the molecule is CC(CNC(=O)CCCC(C)(C)C)C(=O)O. The van der Waals surface area contributed by atoms with Crippen LogP contribution in [-0.4, -0.2) is 23.5 Å². The van der Waals surface area contributed by atoms with E-state index in [1.54, 1.807) is 6.92 Å². The van der Waals surface area contributed by atoms with Crippen LogP contribution < -0.4 is 5.32 Å². The summed E-state index contributed by atoms with van der Waals surface area (Å²) < 4.78 is 0. The first-order valence-electron chi connectivity index (χ1n) is 5.72. The zero-order valence-electron chi connectivity index (χ0n) is 10.7. The molecule has 0 saturated heterocycles. The number of nitrogens with one attached hydrogen (secondary N) is 1. The minimum Gasteiger partial charge on any atom is -0.481 e. The lowest BCUT2D eigenvalue weighted by Gasteiger charge is -2.17. The molecule has 0 spiro atoms. The zero-order valence-corrected chi connectivity index (χ0v) is 10.7. The molecular formula is C12H23NO3. The van der Waals surface area contributed by atoms with Crippen molar-refractivity contribution in [3.05, 3.63) is 0 Å². The molecule has 0 aliphatic carbocycles. The number of aliphatic carboxylic acids is 1. The molecule has 1 amide bonds. The van der Waals surface area contributed by atoms with Crippen LogP contribution in [0.25, 0.3) is 0 Å². The number of carboxylic acids is 1. The second-order valence-corrected chi connectivity index (χ2v) is 5.46. The van der Waals surface area contributed by atoms with Crippen LogP contribution in [0.15, 0.2) is 0 Å². The number of rotatable bonds is 6. The Morgan fingerprint density at radius 3 is 2.31 bits per heavy atom. The van der Waals surface area contributed by atoms with Crippen LogP contribution in [0.2, 0.25) is 0 Å². The second kappa shape index (κ2) is 6.51. The smallest absolute Gasteiger partial charge is 0.308 e. The lowest BCUT2D eigenvalue weighted by molar-refractivity contribution is -0.141. The van der Waals surface area contributed by atoms with Gasteiger partial charge in [-0.3, -0.25) is 9.59 Å². The maximum absolute atomic E-state index is 11.4. The molecule has 0 radical (unpaired) electrons. The highest BCUT2D eigenvalue weighted by Gasteiger charge is 2.13. The third-order valence-corrected chi connectivity index (χ3v) is 2.36. The largest absolute Gasteiger partial charge is 0.481 e. The maximum Gasteiger partial charge on any atom is 0.308 e. The summed E-state index contributed by atoms with van der Waals surface area (Å²) in [6.45, 7) is 8.20. The Morgan fingerprint density at radius 2 is 1.88 bits per heavy atom. The van der Waals surface area contributed by atoms with Crippen LogP contribution in [0, 0.1) is 11.3 Å². The summed E-state index contributed by atoms with van der Waals surface area (Å²) in [5.41, 5.74) is 0.245. The van der Waals surface area contributed by atoms with Gasteiger partial charge in [0.25, 0.3) is 0 Å². The Labute approximate surface area is 97.4 Å². The Bertz CT molecular complexity index is 243. The maximum atomic E-state index is 11.4. The minimum atomic E-state index is -0.880. The average Bonchev–Trinajstić information content (AvgIpc) is 2.11. The second-order valence-electron chi connectivity index (χ2n) is 5.46. The van der Waals surface area contributed by atoms with E-state index in [1.165, 1.54) is 0 Å². The topological polar surface area (TPSA) is 66.4 Å². The van der Waals surface area contributed by atoms with Gasteiger partial charge in [0.2, 0.25) is 5.91 Å². The van der Waals surface area contributed by atoms with E-state index < -0.39 is 11.9 Å². The number of carboxylic acid groups (broad SMARTS) is 1. The van der Waals surface area contributed by atoms with Crippen molar-refractivity contribution in [2.75, 3.05) is 6.54 Å². The average molecular weight is 229 g/mol. The van der Waals surface area contributed by atoms with Crippen LogP contribution in [0.5, 0.6) is 0 Å². The summed E-state index contributed by atoms with van der Waals surface area (Å²) in [5.74, 6) is -1.46. The Kier molecular flexibility index (Phi) is 6.08. The fourth-order valence-corrected chi connectivity index (χ4v) is 1.22. The van der Waals surface area contributed by atoms with E-state index in [9.17, 15) is 9.59 Å². The Morgan fingerprint density at radius 1 is 1.31 bits per heavy atom. The molecule has 0 heterocycles. The number of hydrogen-bond acceptors (Lipinski definition) is 2. The molecule has 2 N–H and O–H groups in total. The standard InChI is InChI=1S/C12H23NO3/c1-9(11(15)16)8-13-10(14)6-5-7-12(2,3)4/h9H,5-8H2,1-4H3,(H,13,14)(H,15,16). The van der Waals surface area contributed by atoms with Crippen LogP contribution in [-0.2, 0) is 9.59 Å². The molecule has 0 saturated carbocycles. The molecule has 0 fully saturated rings. The normalized spacial score (nSPS) is 13.2. The highest BCUT2D eigenvalue weighted by molar-refractivity contribution is 5.77. The van der Waals surface area contributed by atoms with Gasteiger partial charge in [-0.05, 0) is 18.3 Å². The van der Waals surface area contributed by atoms with Gasteiger partial charge in [0.1, 0.15) is 0 Å². The fourth-order valence-electron chi connectivity index (χ4n) is 1.22. The molecule has 1 atom stereocenters. The molecule has 4 heteroatoms. The van der Waals surface area contributed by atoms with Crippen molar-refractivity contribution < 1.29 is 14.7 Å². The van der Waals surface area contributed by atoms with E-state index in [1.807, 2.05) is 0 Å². The van der Waals surface area contributed by atoms with Crippen LogP contribution >= 0.6 is 0 Å². The molecule has 0 bridgehead atoms. The van der Waals surface area contributed by atoms with Crippen molar-refractivity contribution in [2.45, 2.75) is 47.0 Å². The molecule has 0 rings (SSSR count). The highest BCUT2D eigenvalue weighted by Crippen LogP contribution is 2.21. The van der Waals surface area contributed by atoms with Gasteiger partial charge in [-0.1, -0.05) is 27.7 Å². The zero-order chi connectivity index (χ0) is 12.8. The summed E-state index contributed by atoms with van der Waals surface area (Å²) in [6.07, 6.45) is 2.31. The number of hydrogen-bond donors (Lipinski definition) is 2. The van der Waals surface area contributed by atoms with Gasteiger partial charge in [0.05, 0.1) is 5.92 Å². The highest BCUT2D eigenvalue weighted by atomic mass is 16.4. The molecule has 16 heavy (non-hydrogen) atoms. The lowest BCUT2D eigenvalue weighted by atomic mass is 9.90. The lowest BCUT2D eigenvalue weighted by Crippen LogP contribution is -2.31. The third kappa shape index (κ3) is 8.26. The first kappa shape index (κ1) is 14.9. The number of amides is 1. The van der Waals surface area contributed by atoms with Crippen molar-refractivity contribution >= 4 is 11.9 Å². The number of carbonyl (C=O) groups is 2. The summed E-state index contributed by atoms with van der Waals surface area (Å²) in [5, 5.41) is 11.3. The van der Waals surface area contributed by atoms with E-state index in [0.717, 1.165) is 12.8 Å². The third-order valence-electron chi connectivity index (χ3n) is 2.36. The molecule has 0 aromatic rings. The van der Waals surface area contributed by atoms with E-state index in [0.29, 0.717) is 6.42 Å². The van der Waals surface area contributed by atoms with E-state index in [4.69, 9.17) is 5.11 Å². The molecule has 0 aromatic carbocycles. The molecular weight excluding hydrogens is 206 g/mol. The summed E-state index contributed by atoms with van der Waals surface area (Å²) in [7, 11) is 0. The Hall–Kier alpha value is -1.06. The van der Waals surface area contributed by atoms with Crippen LogP contribution in [0.3, 0.4) is 0 Å². The van der Waals surface area contributed by atoms with E-state index >= 15 is 0 Å². The van der Waals surface area contributed by atoms with Gasteiger partial charge in [-0.25, -0.2) is 0 Å². The first-order chi connectivity index (χ1) is 7.22. The van der Waals surface area contributed by atoms with Crippen molar-refractivity contribution in [3.8, 4) is 0 Å². The molecule has 0 aliphatic rings. The molecule has 1 unspecified atom stereocenters. The summed E-state index contributed by atoms with van der Waals surface area (Å²) in [4.78, 5) is 21.9. The predicted octanol–water partition coefficient (Wildman–Crippen LogP) is 2.04. The first-order valence-corrected chi connectivity index (χ1v) is 5.72. The van der Waals surface area contributed by atoms with Gasteiger partial charge in [0, 0.05) is 13.0 Å². The minimum absolute atomic E-state index is 0.0580. The molecule has 0 aromatic heterocycles. The predicted molar refractivity (Wildman–Crippen MR) is 63.1 cm³/mol. The van der Waals surface area contributed by atoms with Gasteiger partial charge >= 0.3 is 5.97 Å². The summed E-state index contributed by atoms with van der Waals surface area (Å²) in [6, 6.07) is 0. The van der Waals surface area contributed by atoms with Gasteiger partial charge in [-0.15, -0.1) is 0 Å². The van der Waals surface area contributed by atoms with Crippen LogP contribution in [0.1, 0.15) is 47.0 Å². The van der Waals surface area contributed by atoms with E-state index in [-0.39, 0.29) is 17.9 Å². The van der Waals surface area contributed by atoms with Crippen molar-refractivity contribution in [3.63, 3.8) is 0 Å². The molecule has 0 aliphatic heterocycles. The van der Waals surface area contributed by atoms with Crippen molar-refractivity contribution in [1.29, 1.82) is 0 Å². The van der Waals surface area contributed by atoms with Crippen LogP contribution in [0.4, 0.5) is 0 Å². The fraction of sp³-hybridized carbons (Fsp3) is 0.833. The monoisotopic (exact) mass is 229 g/mol. The van der Waals surface area contributed by atoms with Gasteiger partial charge < -0.3 is 10.4 Å². The summed E-state index contributed by atoms with van der Waals surface area (Å²) >= 11 is 0. The Balaban J connectivity index is 3.64. The quantitative estimate of drug-likeness (QED) is 0.732. The van der Waals surface area contributed by atoms with Crippen molar-refractivity contribution in [1.82, 2.24) is 5.32 Å². The van der Waals surface area contributed by atoms with Crippen molar-refractivity contribution in [2.24, 2.45) is 11.3 Å². The van der Waals surface area contributed by atoms with E-state index in [2.05, 4.69) is 26.1 Å². The molecule has 94 valence electrons.